The standard InChI is InChI=1S/C13H18FN3OS/c1-8(2)16-12(18)7-17(3)11-5-4-9(13(15)19)6-10(11)14/h4-6,8H,7H2,1-3H3,(H2,15,19)(H,16,18). The van der Waals surface area contributed by atoms with Gasteiger partial charge in [0.2, 0.25) is 5.91 Å². The maximum absolute atomic E-state index is 13.9. The monoisotopic (exact) mass is 283 g/mol. The lowest BCUT2D eigenvalue weighted by Gasteiger charge is -2.20. The second-order valence-electron chi connectivity index (χ2n) is 4.61. The number of rotatable bonds is 5. The molecule has 0 radical (unpaired) electrons. The zero-order chi connectivity index (χ0) is 14.6. The summed E-state index contributed by atoms with van der Waals surface area (Å²) in [6, 6.07) is 4.53. The van der Waals surface area contributed by atoms with Crippen LogP contribution in [0.4, 0.5) is 10.1 Å². The van der Waals surface area contributed by atoms with E-state index in [1.165, 1.54) is 11.0 Å². The van der Waals surface area contributed by atoms with E-state index in [2.05, 4.69) is 5.32 Å². The number of benzene rings is 1. The van der Waals surface area contributed by atoms with Gasteiger partial charge in [0.05, 0.1) is 12.2 Å². The predicted octanol–water partition coefficient (Wildman–Crippen LogP) is 1.42. The van der Waals surface area contributed by atoms with Crippen LogP contribution in [0.2, 0.25) is 0 Å². The number of carbonyl (C=O) groups excluding carboxylic acids is 1. The maximum atomic E-state index is 13.9. The van der Waals surface area contributed by atoms with Gasteiger partial charge in [0.1, 0.15) is 10.8 Å². The molecule has 1 rings (SSSR count). The first kappa shape index (κ1) is 15.4. The lowest BCUT2D eigenvalue weighted by molar-refractivity contribution is -0.120. The molecule has 0 atom stereocenters. The number of halogens is 1. The van der Waals surface area contributed by atoms with E-state index < -0.39 is 5.82 Å². The Morgan fingerprint density at radius 2 is 2.16 bits per heavy atom. The minimum atomic E-state index is -0.454. The van der Waals surface area contributed by atoms with Crippen molar-refractivity contribution in [2.75, 3.05) is 18.5 Å². The van der Waals surface area contributed by atoms with Gasteiger partial charge in [-0.1, -0.05) is 12.2 Å². The number of carbonyl (C=O) groups is 1. The Kier molecular flexibility index (Phi) is 5.23. The number of thiocarbonyl (C=S) groups is 1. The van der Waals surface area contributed by atoms with Crippen molar-refractivity contribution in [1.29, 1.82) is 0 Å². The van der Waals surface area contributed by atoms with Gasteiger partial charge in [-0.05, 0) is 32.0 Å². The third-order valence-corrected chi connectivity index (χ3v) is 2.71. The Morgan fingerprint density at radius 3 is 2.63 bits per heavy atom. The second-order valence-corrected chi connectivity index (χ2v) is 5.05. The molecular weight excluding hydrogens is 265 g/mol. The van der Waals surface area contributed by atoms with E-state index in [-0.39, 0.29) is 23.5 Å². The summed E-state index contributed by atoms with van der Waals surface area (Å²) in [6.45, 7) is 3.83. The number of hydrogen-bond donors (Lipinski definition) is 2. The molecule has 0 aliphatic carbocycles. The molecule has 6 heteroatoms. The molecule has 4 nitrogen and oxygen atoms in total. The number of likely N-dealkylation sites (N-methyl/N-ethyl adjacent to an activating group) is 1. The molecular formula is C13H18FN3OS. The van der Waals surface area contributed by atoms with Crippen molar-refractivity contribution in [1.82, 2.24) is 5.32 Å². The van der Waals surface area contributed by atoms with Crippen LogP contribution in [0.5, 0.6) is 0 Å². The van der Waals surface area contributed by atoms with Crippen LogP contribution in [0, 0.1) is 5.82 Å². The molecule has 0 saturated heterocycles. The number of nitrogens with one attached hydrogen (secondary N) is 1. The molecule has 0 saturated carbocycles. The van der Waals surface area contributed by atoms with Crippen LogP contribution in [0.1, 0.15) is 19.4 Å². The maximum Gasteiger partial charge on any atom is 0.239 e. The zero-order valence-electron chi connectivity index (χ0n) is 11.2. The highest BCUT2D eigenvalue weighted by molar-refractivity contribution is 7.80. The topological polar surface area (TPSA) is 58.4 Å². The van der Waals surface area contributed by atoms with Gasteiger partial charge in [-0.15, -0.1) is 0 Å². The minimum Gasteiger partial charge on any atom is -0.389 e. The predicted molar refractivity (Wildman–Crippen MR) is 78.8 cm³/mol. The minimum absolute atomic E-state index is 0.0581. The van der Waals surface area contributed by atoms with Gasteiger partial charge in [0, 0.05) is 18.7 Å². The summed E-state index contributed by atoms with van der Waals surface area (Å²) in [5, 5.41) is 2.75. The van der Waals surface area contributed by atoms with Gasteiger partial charge in [-0.3, -0.25) is 4.79 Å². The summed E-state index contributed by atoms with van der Waals surface area (Å²) in [6.07, 6.45) is 0. The fourth-order valence-electron chi connectivity index (χ4n) is 1.64. The number of amides is 1. The van der Waals surface area contributed by atoms with Gasteiger partial charge < -0.3 is 16.0 Å². The number of nitrogens with two attached hydrogens (primary N) is 1. The molecule has 104 valence electrons. The lowest BCUT2D eigenvalue weighted by atomic mass is 10.2. The molecule has 0 unspecified atom stereocenters. The normalized spacial score (nSPS) is 10.4. The summed E-state index contributed by atoms with van der Waals surface area (Å²) in [4.78, 5) is 13.3. The molecule has 0 aromatic heterocycles. The van der Waals surface area contributed by atoms with E-state index >= 15 is 0 Å². The van der Waals surface area contributed by atoms with Gasteiger partial charge in [0.25, 0.3) is 0 Å². The van der Waals surface area contributed by atoms with Crippen LogP contribution in [-0.4, -0.2) is 30.5 Å². The van der Waals surface area contributed by atoms with Gasteiger partial charge in [-0.25, -0.2) is 4.39 Å². The summed E-state index contributed by atoms with van der Waals surface area (Å²) in [5.41, 5.74) is 6.23. The summed E-state index contributed by atoms with van der Waals surface area (Å²) in [7, 11) is 1.65. The Morgan fingerprint density at radius 1 is 1.53 bits per heavy atom. The van der Waals surface area contributed by atoms with E-state index in [4.69, 9.17) is 18.0 Å². The fraction of sp³-hybridized carbons (Fsp3) is 0.385. The molecule has 0 heterocycles. The summed E-state index contributed by atoms with van der Waals surface area (Å²) in [5.74, 6) is -0.611. The van der Waals surface area contributed by atoms with Gasteiger partial charge in [0.15, 0.2) is 0 Å². The third kappa shape index (κ3) is 4.48. The number of anilines is 1. The quantitative estimate of drug-likeness (QED) is 0.803. The fourth-order valence-corrected chi connectivity index (χ4v) is 1.76. The molecule has 19 heavy (non-hydrogen) atoms. The van der Waals surface area contributed by atoms with E-state index in [9.17, 15) is 9.18 Å². The average Bonchev–Trinajstić information content (AvgIpc) is 2.26. The average molecular weight is 283 g/mol. The SMILES string of the molecule is CC(C)NC(=O)CN(C)c1ccc(C(N)=S)cc1F. The van der Waals surface area contributed by atoms with Crippen LogP contribution in [0.3, 0.4) is 0 Å². The third-order valence-electron chi connectivity index (χ3n) is 2.47. The molecule has 0 fully saturated rings. The highest BCUT2D eigenvalue weighted by Gasteiger charge is 2.13. The van der Waals surface area contributed by atoms with E-state index in [1.54, 1.807) is 19.2 Å². The zero-order valence-corrected chi connectivity index (χ0v) is 12.1. The highest BCUT2D eigenvalue weighted by atomic mass is 32.1. The molecule has 1 aromatic rings. The van der Waals surface area contributed by atoms with Crippen molar-refractivity contribution in [2.45, 2.75) is 19.9 Å². The molecule has 1 amide bonds. The second kappa shape index (κ2) is 6.47. The summed E-state index contributed by atoms with van der Waals surface area (Å²) >= 11 is 4.78. The largest absolute Gasteiger partial charge is 0.389 e. The van der Waals surface area contributed by atoms with Crippen LogP contribution in [0.25, 0.3) is 0 Å². The van der Waals surface area contributed by atoms with Crippen LogP contribution in [0.15, 0.2) is 18.2 Å². The van der Waals surface area contributed by atoms with E-state index in [0.717, 1.165) is 0 Å². The number of hydrogen-bond acceptors (Lipinski definition) is 3. The Bertz CT molecular complexity index is 491. The van der Waals surface area contributed by atoms with Crippen molar-refractivity contribution in [3.8, 4) is 0 Å². The van der Waals surface area contributed by atoms with Crippen molar-refractivity contribution >= 4 is 28.8 Å². The highest BCUT2D eigenvalue weighted by Crippen LogP contribution is 2.19. The number of nitrogens with zero attached hydrogens (tertiary/aromatic N) is 1. The van der Waals surface area contributed by atoms with E-state index in [0.29, 0.717) is 11.3 Å². The van der Waals surface area contributed by atoms with Crippen LogP contribution < -0.4 is 16.0 Å². The van der Waals surface area contributed by atoms with Crippen molar-refractivity contribution in [2.24, 2.45) is 5.73 Å². The molecule has 0 aliphatic heterocycles. The van der Waals surface area contributed by atoms with E-state index in [1.807, 2.05) is 13.8 Å². The Balaban J connectivity index is 2.80. The Labute approximate surface area is 117 Å². The van der Waals surface area contributed by atoms with Crippen LogP contribution >= 0.6 is 12.2 Å². The summed E-state index contributed by atoms with van der Waals surface area (Å²) < 4.78 is 13.9. The van der Waals surface area contributed by atoms with Gasteiger partial charge >= 0.3 is 0 Å². The van der Waals surface area contributed by atoms with Crippen molar-refractivity contribution in [3.05, 3.63) is 29.6 Å². The first-order valence-corrected chi connectivity index (χ1v) is 6.32. The molecule has 0 bridgehead atoms. The van der Waals surface area contributed by atoms with Crippen molar-refractivity contribution < 1.29 is 9.18 Å². The molecule has 3 N–H and O–H groups in total. The van der Waals surface area contributed by atoms with Crippen LogP contribution in [-0.2, 0) is 4.79 Å². The Hall–Kier alpha value is -1.69. The molecule has 0 aliphatic rings. The van der Waals surface area contributed by atoms with Gasteiger partial charge in [-0.2, -0.15) is 0 Å². The van der Waals surface area contributed by atoms with Crippen molar-refractivity contribution in [3.63, 3.8) is 0 Å². The first-order valence-electron chi connectivity index (χ1n) is 5.91. The smallest absolute Gasteiger partial charge is 0.239 e. The first-order chi connectivity index (χ1) is 8.81. The molecule has 0 spiro atoms. The lowest BCUT2D eigenvalue weighted by Crippen LogP contribution is -2.38. The molecule has 1 aromatic carbocycles.